The maximum Gasteiger partial charge on any atom is 0.0607 e. The molecule has 15 heavy (non-hydrogen) atoms. The Balaban J connectivity index is 0.00000196. The van der Waals surface area contributed by atoms with E-state index >= 15 is 0 Å². The highest BCUT2D eigenvalue weighted by atomic mass is 35.5. The Morgan fingerprint density at radius 1 is 1.20 bits per heavy atom. The Morgan fingerprint density at radius 2 is 1.80 bits per heavy atom. The number of nitrogens with one attached hydrogen (secondary N) is 1. The summed E-state index contributed by atoms with van der Waals surface area (Å²) < 4.78 is 0. The molecule has 1 aromatic carbocycles. The van der Waals surface area contributed by atoms with Gasteiger partial charge in [-0.2, -0.15) is 0 Å². The molecule has 0 heterocycles. The standard InChI is InChI=1S/C12H19NO.ClH/c1-12(2,10-14)13-9-8-11-6-4-3-5-7-11;/h3-7,13-14H,8-10H2,1-2H3;1H. The molecule has 2 N–H and O–H groups in total. The first kappa shape index (κ1) is 14.4. The number of hydrogen-bond acceptors (Lipinski definition) is 2. The fourth-order valence-electron chi connectivity index (χ4n) is 1.25. The van der Waals surface area contributed by atoms with Crippen molar-refractivity contribution in [2.75, 3.05) is 13.2 Å². The first-order valence-electron chi connectivity index (χ1n) is 5.04. The van der Waals surface area contributed by atoms with Crippen molar-refractivity contribution in [1.82, 2.24) is 5.32 Å². The van der Waals surface area contributed by atoms with E-state index in [0.29, 0.717) is 0 Å². The SMILES string of the molecule is CC(C)(CO)NCCc1ccccc1.Cl. The van der Waals surface area contributed by atoms with Crippen LogP contribution in [0.3, 0.4) is 0 Å². The van der Waals surface area contributed by atoms with E-state index in [0.717, 1.165) is 13.0 Å². The number of rotatable bonds is 5. The van der Waals surface area contributed by atoms with E-state index in [2.05, 4.69) is 17.4 Å². The highest BCUT2D eigenvalue weighted by molar-refractivity contribution is 5.85. The lowest BCUT2D eigenvalue weighted by Crippen LogP contribution is -2.43. The van der Waals surface area contributed by atoms with Gasteiger partial charge in [-0.1, -0.05) is 30.3 Å². The summed E-state index contributed by atoms with van der Waals surface area (Å²) in [6.45, 7) is 5.06. The molecular weight excluding hydrogens is 210 g/mol. The van der Waals surface area contributed by atoms with E-state index in [4.69, 9.17) is 5.11 Å². The van der Waals surface area contributed by atoms with Gasteiger partial charge in [0.25, 0.3) is 0 Å². The van der Waals surface area contributed by atoms with Gasteiger partial charge in [0.2, 0.25) is 0 Å². The molecule has 0 unspecified atom stereocenters. The molecule has 1 aromatic rings. The fraction of sp³-hybridized carbons (Fsp3) is 0.500. The summed E-state index contributed by atoms with van der Waals surface area (Å²) >= 11 is 0. The molecule has 0 amide bonds. The van der Waals surface area contributed by atoms with Crippen LogP contribution >= 0.6 is 12.4 Å². The average molecular weight is 230 g/mol. The summed E-state index contributed by atoms with van der Waals surface area (Å²) in [7, 11) is 0. The summed E-state index contributed by atoms with van der Waals surface area (Å²) in [6.07, 6.45) is 1.00. The quantitative estimate of drug-likeness (QED) is 0.810. The minimum absolute atomic E-state index is 0. The van der Waals surface area contributed by atoms with Crippen molar-refractivity contribution in [2.24, 2.45) is 0 Å². The zero-order chi connectivity index (χ0) is 10.4. The number of aliphatic hydroxyl groups is 1. The Hall–Kier alpha value is -0.570. The predicted octanol–water partition coefficient (Wildman–Crippen LogP) is 2.01. The fourth-order valence-corrected chi connectivity index (χ4v) is 1.25. The first-order chi connectivity index (χ1) is 6.64. The van der Waals surface area contributed by atoms with Crippen LogP contribution in [0.1, 0.15) is 19.4 Å². The normalized spacial score (nSPS) is 10.9. The van der Waals surface area contributed by atoms with Gasteiger partial charge in [0.05, 0.1) is 6.61 Å². The van der Waals surface area contributed by atoms with E-state index in [1.165, 1.54) is 5.56 Å². The zero-order valence-electron chi connectivity index (χ0n) is 9.36. The minimum Gasteiger partial charge on any atom is -0.394 e. The molecule has 0 radical (unpaired) electrons. The van der Waals surface area contributed by atoms with Gasteiger partial charge in [-0.05, 0) is 32.4 Å². The topological polar surface area (TPSA) is 32.3 Å². The zero-order valence-corrected chi connectivity index (χ0v) is 10.2. The molecule has 2 nitrogen and oxygen atoms in total. The van der Waals surface area contributed by atoms with E-state index in [-0.39, 0.29) is 24.6 Å². The largest absolute Gasteiger partial charge is 0.394 e. The first-order valence-corrected chi connectivity index (χ1v) is 5.04. The Bertz CT molecular complexity index is 262. The van der Waals surface area contributed by atoms with Crippen LogP contribution in [0.2, 0.25) is 0 Å². The molecule has 0 aliphatic carbocycles. The van der Waals surface area contributed by atoms with Crippen LogP contribution in [0.4, 0.5) is 0 Å². The van der Waals surface area contributed by atoms with Crippen LogP contribution in [-0.4, -0.2) is 23.8 Å². The summed E-state index contributed by atoms with van der Waals surface area (Å²) in [5.74, 6) is 0. The van der Waals surface area contributed by atoms with Crippen molar-refractivity contribution in [3.8, 4) is 0 Å². The van der Waals surface area contributed by atoms with Crippen molar-refractivity contribution in [2.45, 2.75) is 25.8 Å². The molecule has 0 aromatic heterocycles. The van der Waals surface area contributed by atoms with Crippen LogP contribution in [0.25, 0.3) is 0 Å². The van der Waals surface area contributed by atoms with Crippen LogP contribution in [0, 0.1) is 0 Å². The second kappa shape index (κ2) is 6.83. The Kier molecular flexibility index (Phi) is 6.57. The molecule has 0 spiro atoms. The van der Waals surface area contributed by atoms with Crippen molar-refractivity contribution in [1.29, 1.82) is 0 Å². The van der Waals surface area contributed by atoms with Gasteiger partial charge in [0.15, 0.2) is 0 Å². The summed E-state index contributed by atoms with van der Waals surface area (Å²) in [5.41, 5.74) is 1.16. The van der Waals surface area contributed by atoms with E-state index in [9.17, 15) is 0 Å². The third-order valence-corrected chi connectivity index (χ3v) is 2.26. The van der Waals surface area contributed by atoms with Crippen LogP contribution in [0.5, 0.6) is 0 Å². The summed E-state index contributed by atoms with van der Waals surface area (Å²) in [5, 5.41) is 12.3. The van der Waals surface area contributed by atoms with Gasteiger partial charge in [-0.3, -0.25) is 0 Å². The lowest BCUT2D eigenvalue weighted by molar-refractivity contribution is 0.189. The van der Waals surface area contributed by atoms with Gasteiger partial charge in [-0.25, -0.2) is 0 Å². The molecule has 86 valence electrons. The van der Waals surface area contributed by atoms with Gasteiger partial charge in [0.1, 0.15) is 0 Å². The third-order valence-electron chi connectivity index (χ3n) is 2.26. The molecule has 0 saturated carbocycles. The van der Waals surface area contributed by atoms with Gasteiger partial charge >= 0.3 is 0 Å². The molecule has 0 fully saturated rings. The predicted molar refractivity (Wildman–Crippen MR) is 66.6 cm³/mol. The van der Waals surface area contributed by atoms with Crippen molar-refractivity contribution < 1.29 is 5.11 Å². The van der Waals surface area contributed by atoms with Crippen LogP contribution in [-0.2, 0) is 6.42 Å². The second-order valence-electron chi connectivity index (χ2n) is 4.20. The number of aliphatic hydroxyl groups excluding tert-OH is 1. The molecular formula is C12H20ClNO. The maximum absolute atomic E-state index is 9.03. The Morgan fingerprint density at radius 3 is 2.33 bits per heavy atom. The lowest BCUT2D eigenvalue weighted by Gasteiger charge is -2.23. The smallest absolute Gasteiger partial charge is 0.0607 e. The van der Waals surface area contributed by atoms with E-state index in [1.807, 2.05) is 32.0 Å². The van der Waals surface area contributed by atoms with E-state index in [1.54, 1.807) is 0 Å². The van der Waals surface area contributed by atoms with Crippen LogP contribution in [0.15, 0.2) is 30.3 Å². The molecule has 0 aliphatic heterocycles. The van der Waals surface area contributed by atoms with Gasteiger partial charge in [-0.15, -0.1) is 12.4 Å². The monoisotopic (exact) mass is 229 g/mol. The van der Waals surface area contributed by atoms with Gasteiger partial charge in [0, 0.05) is 5.54 Å². The van der Waals surface area contributed by atoms with Crippen molar-refractivity contribution in [3.05, 3.63) is 35.9 Å². The third kappa shape index (κ3) is 5.78. The second-order valence-corrected chi connectivity index (χ2v) is 4.20. The Labute approximate surface area is 98.1 Å². The minimum atomic E-state index is -0.172. The lowest BCUT2D eigenvalue weighted by atomic mass is 10.1. The van der Waals surface area contributed by atoms with Crippen LogP contribution < -0.4 is 5.32 Å². The average Bonchev–Trinajstić information content (AvgIpc) is 2.19. The summed E-state index contributed by atoms with van der Waals surface area (Å²) in [4.78, 5) is 0. The molecule has 1 rings (SSSR count). The molecule has 0 atom stereocenters. The molecule has 0 aliphatic rings. The number of hydrogen-bond donors (Lipinski definition) is 2. The molecule has 0 bridgehead atoms. The highest BCUT2D eigenvalue weighted by Gasteiger charge is 2.13. The highest BCUT2D eigenvalue weighted by Crippen LogP contribution is 2.02. The molecule has 3 heteroatoms. The van der Waals surface area contributed by atoms with Crippen molar-refractivity contribution in [3.63, 3.8) is 0 Å². The molecule has 0 saturated heterocycles. The van der Waals surface area contributed by atoms with Gasteiger partial charge < -0.3 is 10.4 Å². The number of benzene rings is 1. The number of halogens is 1. The summed E-state index contributed by atoms with van der Waals surface area (Å²) in [6, 6.07) is 10.4. The van der Waals surface area contributed by atoms with Crippen molar-refractivity contribution >= 4 is 12.4 Å². The maximum atomic E-state index is 9.03. The van der Waals surface area contributed by atoms with E-state index < -0.39 is 0 Å².